The molecule has 0 aliphatic heterocycles. The van der Waals surface area contributed by atoms with Crippen LogP contribution in [0, 0.1) is 0 Å². The first-order valence-corrected chi connectivity index (χ1v) is 8.97. The summed E-state index contributed by atoms with van der Waals surface area (Å²) in [5, 5.41) is 14.4. The third-order valence-electron chi connectivity index (χ3n) is 3.96. The summed E-state index contributed by atoms with van der Waals surface area (Å²) in [5.41, 5.74) is 3.51. The van der Waals surface area contributed by atoms with Gasteiger partial charge in [0.25, 0.3) is 0 Å². The van der Waals surface area contributed by atoms with Crippen molar-refractivity contribution in [2.24, 2.45) is 0 Å². The van der Waals surface area contributed by atoms with E-state index in [0.717, 1.165) is 29.1 Å². The van der Waals surface area contributed by atoms with Crippen LogP contribution < -0.4 is 0 Å². The number of nitrogens with zero attached hydrogens (tertiary/aromatic N) is 3. The number of unbranched alkanes of at least 4 members (excludes halogenated alkanes) is 1. The molecule has 0 bridgehead atoms. The predicted molar refractivity (Wildman–Crippen MR) is 102 cm³/mol. The molecule has 5 nitrogen and oxygen atoms in total. The highest BCUT2D eigenvalue weighted by Crippen LogP contribution is 2.27. The van der Waals surface area contributed by atoms with Gasteiger partial charge in [-0.3, -0.25) is 9.78 Å². The van der Waals surface area contributed by atoms with Crippen molar-refractivity contribution in [3.8, 4) is 16.9 Å². The highest BCUT2D eigenvalue weighted by molar-refractivity contribution is 6.42. The monoisotopic (exact) mass is 389 g/mol. The van der Waals surface area contributed by atoms with Gasteiger partial charge in [-0.05, 0) is 55.7 Å². The van der Waals surface area contributed by atoms with E-state index in [0.29, 0.717) is 22.9 Å². The van der Waals surface area contributed by atoms with Crippen LogP contribution in [0.1, 0.15) is 25.0 Å². The van der Waals surface area contributed by atoms with Crippen LogP contribution in [-0.4, -0.2) is 25.8 Å². The minimum atomic E-state index is -0.779. The summed E-state index contributed by atoms with van der Waals surface area (Å²) in [5.74, 6) is -0.779. The summed E-state index contributed by atoms with van der Waals surface area (Å²) in [6.45, 7) is 0. The van der Waals surface area contributed by atoms with Gasteiger partial charge in [0.05, 0.1) is 21.4 Å². The highest BCUT2D eigenvalue weighted by Gasteiger charge is 2.13. The second-order valence-corrected chi connectivity index (χ2v) is 6.69. The second kappa shape index (κ2) is 8.34. The lowest BCUT2D eigenvalue weighted by Gasteiger charge is -2.08. The zero-order valence-electron chi connectivity index (χ0n) is 13.9. The molecule has 1 N–H and O–H groups in total. The SMILES string of the molecule is O=C(O)CCCCc1cc(-c2cccnc2)nn1-c1ccc(Cl)c(Cl)c1. The molecule has 0 spiro atoms. The maximum Gasteiger partial charge on any atom is 0.303 e. The summed E-state index contributed by atoms with van der Waals surface area (Å²) in [4.78, 5) is 14.8. The predicted octanol–water partition coefficient (Wildman–Crippen LogP) is 5.04. The van der Waals surface area contributed by atoms with Gasteiger partial charge in [0, 0.05) is 30.1 Å². The van der Waals surface area contributed by atoms with Crippen LogP contribution in [0.25, 0.3) is 16.9 Å². The molecule has 7 heteroatoms. The van der Waals surface area contributed by atoms with Gasteiger partial charge in [0.15, 0.2) is 0 Å². The largest absolute Gasteiger partial charge is 0.481 e. The minimum Gasteiger partial charge on any atom is -0.481 e. The number of benzene rings is 1. The number of carboxylic acids is 1. The average Bonchev–Trinajstić information content (AvgIpc) is 3.06. The third-order valence-corrected chi connectivity index (χ3v) is 4.70. The molecule has 2 aromatic heterocycles. The van der Waals surface area contributed by atoms with E-state index in [-0.39, 0.29) is 6.42 Å². The number of pyridine rings is 1. The molecule has 0 aliphatic carbocycles. The van der Waals surface area contributed by atoms with Crippen molar-refractivity contribution in [2.45, 2.75) is 25.7 Å². The molecule has 1 aromatic carbocycles. The lowest BCUT2D eigenvalue weighted by Crippen LogP contribution is -2.03. The average molecular weight is 390 g/mol. The summed E-state index contributed by atoms with van der Waals surface area (Å²) < 4.78 is 1.82. The minimum absolute atomic E-state index is 0.163. The van der Waals surface area contributed by atoms with E-state index in [4.69, 9.17) is 33.4 Å². The van der Waals surface area contributed by atoms with Crippen molar-refractivity contribution >= 4 is 29.2 Å². The lowest BCUT2D eigenvalue weighted by atomic mass is 10.1. The van der Waals surface area contributed by atoms with E-state index in [1.165, 1.54) is 0 Å². The molecule has 2 heterocycles. The normalized spacial score (nSPS) is 10.8. The fraction of sp³-hybridized carbons (Fsp3) is 0.211. The number of carboxylic acid groups (broad SMARTS) is 1. The van der Waals surface area contributed by atoms with Crippen LogP contribution in [0.3, 0.4) is 0 Å². The van der Waals surface area contributed by atoms with Gasteiger partial charge in [-0.2, -0.15) is 5.10 Å². The Morgan fingerprint density at radius 1 is 1.12 bits per heavy atom. The van der Waals surface area contributed by atoms with Crippen molar-refractivity contribution in [2.75, 3.05) is 0 Å². The molecule has 3 aromatic rings. The Hall–Kier alpha value is -2.37. The Bertz CT molecular complexity index is 910. The van der Waals surface area contributed by atoms with Gasteiger partial charge < -0.3 is 5.11 Å². The zero-order chi connectivity index (χ0) is 18.5. The number of aliphatic carboxylic acids is 1. The molecule has 0 saturated carbocycles. The van der Waals surface area contributed by atoms with Gasteiger partial charge in [0.2, 0.25) is 0 Å². The van der Waals surface area contributed by atoms with E-state index < -0.39 is 5.97 Å². The van der Waals surface area contributed by atoms with E-state index in [2.05, 4.69) is 4.98 Å². The molecule has 0 radical (unpaired) electrons. The van der Waals surface area contributed by atoms with Gasteiger partial charge in [0.1, 0.15) is 0 Å². The Morgan fingerprint density at radius 2 is 1.96 bits per heavy atom. The Labute approximate surface area is 161 Å². The number of halogens is 2. The molecule has 0 saturated heterocycles. The lowest BCUT2D eigenvalue weighted by molar-refractivity contribution is -0.137. The first kappa shape index (κ1) is 18.4. The maximum absolute atomic E-state index is 10.7. The topological polar surface area (TPSA) is 68.0 Å². The van der Waals surface area contributed by atoms with Crippen molar-refractivity contribution in [1.29, 1.82) is 0 Å². The van der Waals surface area contributed by atoms with E-state index in [9.17, 15) is 4.79 Å². The number of rotatable bonds is 7. The first-order chi connectivity index (χ1) is 12.5. The first-order valence-electron chi connectivity index (χ1n) is 8.21. The van der Waals surface area contributed by atoms with Crippen molar-refractivity contribution < 1.29 is 9.90 Å². The quantitative estimate of drug-likeness (QED) is 0.574. The van der Waals surface area contributed by atoms with Gasteiger partial charge in [-0.25, -0.2) is 4.68 Å². The number of hydrogen-bond acceptors (Lipinski definition) is 3. The van der Waals surface area contributed by atoms with E-state index >= 15 is 0 Å². The van der Waals surface area contributed by atoms with Gasteiger partial charge in [-0.1, -0.05) is 23.2 Å². The molecule has 134 valence electrons. The van der Waals surface area contributed by atoms with Gasteiger partial charge >= 0.3 is 5.97 Å². The molecular weight excluding hydrogens is 373 g/mol. The van der Waals surface area contributed by atoms with Gasteiger partial charge in [-0.15, -0.1) is 0 Å². The van der Waals surface area contributed by atoms with Crippen LogP contribution in [0.5, 0.6) is 0 Å². The standard InChI is InChI=1S/C19H17Cl2N3O2/c20-16-8-7-15(10-17(16)21)24-14(5-1-2-6-19(25)26)11-18(23-24)13-4-3-9-22-12-13/h3-4,7-12H,1-2,5-6H2,(H,25,26). The van der Waals surface area contributed by atoms with E-state index in [1.807, 2.05) is 28.9 Å². The summed E-state index contributed by atoms with van der Waals surface area (Å²) in [6, 6.07) is 11.2. The second-order valence-electron chi connectivity index (χ2n) is 5.87. The molecule has 26 heavy (non-hydrogen) atoms. The number of hydrogen-bond donors (Lipinski definition) is 1. The maximum atomic E-state index is 10.7. The molecule has 3 rings (SSSR count). The summed E-state index contributed by atoms with van der Waals surface area (Å²) in [6.07, 6.45) is 5.72. The van der Waals surface area contributed by atoms with Crippen molar-refractivity contribution in [3.05, 3.63) is 64.5 Å². The molecular formula is C19H17Cl2N3O2. The van der Waals surface area contributed by atoms with Crippen LogP contribution >= 0.6 is 23.2 Å². The fourth-order valence-corrected chi connectivity index (χ4v) is 2.97. The zero-order valence-corrected chi connectivity index (χ0v) is 15.4. The fourth-order valence-electron chi connectivity index (χ4n) is 2.68. The molecule has 0 fully saturated rings. The molecule has 0 aliphatic rings. The van der Waals surface area contributed by atoms with Crippen LogP contribution in [0.2, 0.25) is 10.0 Å². The van der Waals surface area contributed by atoms with Crippen molar-refractivity contribution in [3.63, 3.8) is 0 Å². The van der Waals surface area contributed by atoms with Crippen LogP contribution in [-0.2, 0) is 11.2 Å². The number of aryl methyl sites for hydroxylation is 1. The molecule has 0 amide bonds. The smallest absolute Gasteiger partial charge is 0.303 e. The van der Waals surface area contributed by atoms with Crippen LogP contribution in [0.4, 0.5) is 0 Å². The highest BCUT2D eigenvalue weighted by atomic mass is 35.5. The number of carbonyl (C=O) groups is 1. The molecule has 0 atom stereocenters. The van der Waals surface area contributed by atoms with Crippen molar-refractivity contribution in [1.82, 2.24) is 14.8 Å². The summed E-state index contributed by atoms with van der Waals surface area (Å²) >= 11 is 12.2. The van der Waals surface area contributed by atoms with Crippen LogP contribution in [0.15, 0.2) is 48.8 Å². The molecule has 0 unspecified atom stereocenters. The Morgan fingerprint density at radius 3 is 2.65 bits per heavy atom. The Balaban J connectivity index is 1.93. The summed E-state index contributed by atoms with van der Waals surface area (Å²) in [7, 11) is 0. The third kappa shape index (κ3) is 4.42. The Kier molecular flexibility index (Phi) is 5.91. The van der Waals surface area contributed by atoms with E-state index in [1.54, 1.807) is 24.5 Å². The number of aromatic nitrogens is 3.